The molecule has 2 aliphatic carbocycles. The van der Waals surface area contributed by atoms with Crippen molar-refractivity contribution in [2.45, 2.75) is 51.4 Å². The van der Waals surface area contributed by atoms with Crippen molar-refractivity contribution in [1.82, 2.24) is 4.90 Å². The van der Waals surface area contributed by atoms with Crippen molar-refractivity contribution < 1.29 is 28.6 Å². The number of rotatable bonds is 8. The number of para-hydroxylation sites is 2. The summed E-state index contributed by atoms with van der Waals surface area (Å²) in [5.41, 5.74) is 4.62. The van der Waals surface area contributed by atoms with Crippen LogP contribution in [0.1, 0.15) is 56.9 Å². The fraction of sp³-hybridized carbons (Fsp3) is 0.387. The molecule has 8 nitrogen and oxygen atoms in total. The zero-order chi connectivity index (χ0) is 28.4. The molecule has 1 amide bonds. The molecule has 2 aromatic carbocycles. The van der Waals surface area contributed by atoms with Gasteiger partial charge in [-0.1, -0.05) is 23.7 Å². The van der Waals surface area contributed by atoms with Crippen LogP contribution < -0.4 is 19.5 Å². The zero-order valence-corrected chi connectivity index (χ0v) is 23.7. The molecule has 5 rings (SSSR count). The molecular weight excluding hydrogens is 532 g/mol. The molecule has 0 atom stereocenters. The highest BCUT2D eigenvalue weighted by molar-refractivity contribution is 6.32. The van der Waals surface area contributed by atoms with E-state index >= 15 is 0 Å². The first kappa shape index (κ1) is 27.8. The molecule has 0 saturated heterocycles. The Hall–Kier alpha value is -3.78. The summed E-state index contributed by atoms with van der Waals surface area (Å²) in [6, 6.07) is 10.6. The number of carbonyl (C=O) groups is 3. The van der Waals surface area contributed by atoms with Gasteiger partial charge in [-0.3, -0.25) is 14.4 Å². The maximum Gasteiger partial charge on any atom is 0.262 e. The van der Waals surface area contributed by atoms with Gasteiger partial charge in [-0.25, -0.2) is 0 Å². The largest absolute Gasteiger partial charge is 0.495 e. The van der Waals surface area contributed by atoms with E-state index in [2.05, 4.69) is 17.1 Å². The summed E-state index contributed by atoms with van der Waals surface area (Å²) in [6.45, 7) is 2.45. The van der Waals surface area contributed by atoms with Crippen LogP contribution in [0.2, 0.25) is 5.02 Å². The minimum Gasteiger partial charge on any atom is -0.495 e. The number of ketones is 2. The molecule has 1 aliphatic heterocycles. The SMILES string of the molecule is CCN1C2=C(C(=O)CCC2)C(c2cc(Cl)c(OCC(=O)Nc3ccccc3OC)c(OC)c2)C2=C1CCCC2=O. The normalized spacial score (nSPS) is 17.4. The third-order valence-corrected chi connectivity index (χ3v) is 8.00. The first-order valence-corrected chi connectivity index (χ1v) is 14.0. The van der Waals surface area contributed by atoms with Gasteiger partial charge in [0.15, 0.2) is 29.7 Å². The highest BCUT2D eigenvalue weighted by Gasteiger charge is 2.43. The summed E-state index contributed by atoms with van der Waals surface area (Å²) < 4.78 is 16.7. The molecule has 0 saturated carbocycles. The number of allylic oxidation sites excluding steroid dienone is 4. The van der Waals surface area contributed by atoms with Gasteiger partial charge in [0, 0.05) is 47.8 Å². The molecule has 210 valence electrons. The number of methoxy groups -OCH3 is 2. The standard InChI is InChI=1S/C31H33ClN2O6/c1-4-34-21-10-7-12-23(35)29(21)28(30-22(34)11-8-13-24(30)36)18-15-19(32)31(26(16-18)39-3)40-17-27(37)33-20-9-5-6-14-25(20)38-2/h5-6,9,14-16,28H,4,7-8,10-13,17H2,1-3H3,(H,33,37). The summed E-state index contributed by atoms with van der Waals surface area (Å²) in [4.78, 5) is 41.6. The maximum absolute atomic E-state index is 13.4. The molecule has 9 heteroatoms. The van der Waals surface area contributed by atoms with Gasteiger partial charge in [-0.2, -0.15) is 0 Å². The van der Waals surface area contributed by atoms with E-state index in [-0.39, 0.29) is 28.9 Å². The summed E-state index contributed by atoms with van der Waals surface area (Å²) in [5, 5.41) is 3.00. The van der Waals surface area contributed by atoms with Crippen molar-refractivity contribution in [2.75, 3.05) is 32.7 Å². The van der Waals surface area contributed by atoms with Gasteiger partial charge in [0.05, 0.1) is 24.9 Å². The Morgan fingerprint density at radius 1 is 0.950 bits per heavy atom. The van der Waals surface area contributed by atoms with Crippen LogP contribution in [-0.2, 0) is 14.4 Å². The minimum absolute atomic E-state index is 0.0676. The average molecular weight is 565 g/mol. The second-order valence-electron chi connectivity index (χ2n) is 10.0. The fourth-order valence-electron chi connectivity index (χ4n) is 6.05. The zero-order valence-electron chi connectivity index (χ0n) is 23.0. The molecule has 1 heterocycles. The number of halogens is 1. The highest BCUT2D eigenvalue weighted by atomic mass is 35.5. The van der Waals surface area contributed by atoms with Crippen LogP contribution in [0.3, 0.4) is 0 Å². The lowest BCUT2D eigenvalue weighted by molar-refractivity contribution is -0.118. The van der Waals surface area contributed by atoms with E-state index < -0.39 is 11.8 Å². The summed E-state index contributed by atoms with van der Waals surface area (Å²) >= 11 is 6.73. The van der Waals surface area contributed by atoms with Gasteiger partial charge in [0.1, 0.15) is 5.75 Å². The molecule has 0 bridgehead atoms. The molecule has 0 fully saturated rings. The van der Waals surface area contributed by atoms with Gasteiger partial charge in [-0.15, -0.1) is 0 Å². The van der Waals surface area contributed by atoms with Crippen molar-refractivity contribution >= 4 is 34.8 Å². The first-order chi connectivity index (χ1) is 19.4. The Labute approximate surface area is 238 Å². The van der Waals surface area contributed by atoms with Crippen LogP contribution in [0.4, 0.5) is 5.69 Å². The molecule has 0 spiro atoms. The van der Waals surface area contributed by atoms with E-state index in [0.29, 0.717) is 53.3 Å². The number of benzene rings is 2. The number of hydrogen-bond acceptors (Lipinski definition) is 7. The van der Waals surface area contributed by atoms with Crippen LogP contribution in [0.15, 0.2) is 58.9 Å². The monoisotopic (exact) mass is 564 g/mol. The number of carbonyl (C=O) groups excluding carboxylic acids is 3. The van der Waals surface area contributed by atoms with E-state index in [1.165, 1.54) is 14.2 Å². The summed E-state index contributed by atoms with van der Waals surface area (Å²) in [5.74, 6) is 0.285. The lowest BCUT2D eigenvalue weighted by Gasteiger charge is -2.43. The smallest absolute Gasteiger partial charge is 0.262 e. The number of hydrogen-bond donors (Lipinski definition) is 1. The highest BCUT2D eigenvalue weighted by Crippen LogP contribution is 2.51. The number of Topliss-reactive ketones (excluding diaryl/α,β-unsaturated/α-hetero) is 2. The molecule has 2 aromatic rings. The molecule has 1 N–H and O–H groups in total. The predicted octanol–water partition coefficient (Wildman–Crippen LogP) is 5.81. The predicted molar refractivity (Wildman–Crippen MR) is 152 cm³/mol. The Morgan fingerprint density at radius 2 is 1.57 bits per heavy atom. The van der Waals surface area contributed by atoms with Crippen molar-refractivity contribution in [3.8, 4) is 17.2 Å². The molecule has 0 unspecified atom stereocenters. The van der Waals surface area contributed by atoms with Crippen LogP contribution >= 0.6 is 11.6 Å². The topological polar surface area (TPSA) is 94.2 Å². The lowest BCUT2D eigenvalue weighted by Crippen LogP contribution is -2.39. The average Bonchev–Trinajstić information content (AvgIpc) is 2.95. The molecular formula is C31H33ClN2O6. The number of nitrogens with zero attached hydrogens (tertiary/aromatic N) is 1. The Balaban J connectivity index is 1.48. The second kappa shape index (κ2) is 11.8. The third-order valence-electron chi connectivity index (χ3n) is 7.72. The van der Waals surface area contributed by atoms with Gasteiger partial charge in [-0.05, 0) is 62.4 Å². The Morgan fingerprint density at radius 3 is 2.17 bits per heavy atom. The van der Waals surface area contributed by atoms with Gasteiger partial charge in [0.2, 0.25) is 0 Å². The number of ether oxygens (including phenoxy) is 3. The molecule has 0 radical (unpaired) electrons. The minimum atomic E-state index is -0.511. The maximum atomic E-state index is 13.4. The Kier molecular flexibility index (Phi) is 8.17. The van der Waals surface area contributed by atoms with E-state index in [0.717, 1.165) is 37.1 Å². The third kappa shape index (κ3) is 5.08. The summed E-state index contributed by atoms with van der Waals surface area (Å²) in [7, 11) is 3.02. The quantitative estimate of drug-likeness (QED) is 0.432. The van der Waals surface area contributed by atoms with Gasteiger partial charge < -0.3 is 24.4 Å². The molecule has 40 heavy (non-hydrogen) atoms. The van der Waals surface area contributed by atoms with E-state index in [1.54, 1.807) is 30.3 Å². The Bertz CT molecular complexity index is 1380. The van der Waals surface area contributed by atoms with Crippen LogP contribution in [0, 0.1) is 0 Å². The number of amides is 1. The van der Waals surface area contributed by atoms with Crippen molar-refractivity contribution in [3.05, 3.63) is 69.5 Å². The molecule has 3 aliphatic rings. The van der Waals surface area contributed by atoms with Crippen molar-refractivity contribution in [1.29, 1.82) is 0 Å². The second-order valence-corrected chi connectivity index (χ2v) is 10.4. The number of anilines is 1. The van der Waals surface area contributed by atoms with E-state index in [4.69, 9.17) is 25.8 Å². The summed E-state index contributed by atoms with van der Waals surface area (Å²) in [6.07, 6.45) is 4.10. The fourth-order valence-corrected chi connectivity index (χ4v) is 6.32. The van der Waals surface area contributed by atoms with Crippen molar-refractivity contribution in [3.63, 3.8) is 0 Å². The van der Waals surface area contributed by atoms with Gasteiger partial charge >= 0.3 is 0 Å². The van der Waals surface area contributed by atoms with Crippen LogP contribution in [-0.4, -0.2) is 49.7 Å². The lowest BCUT2D eigenvalue weighted by atomic mass is 9.71. The first-order valence-electron chi connectivity index (χ1n) is 13.6. The van der Waals surface area contributed by atoms with Gasteiger partial charge in [0.25, 0.3) is 5.91 Å². The van der Waals surface area contributed by atoms with Crippen LogP contribution in [0.5, 0.6) is 17.2 Å². The van der Waals surface area contributed by atoms with Crippen molar-refractivity contribution in [2.24, 2.45) is 0 Å². The van der Waals surface area contributed by atoms with Crippen LogP contribution in [0.25, 0.3) is 0 Å². The number of nitrogens with one attached hydrogen (secondary N) is 1. The molecule has 0 aromatic heterocycles. The van der Waals surface area contributed by atoms with E-state index in [9.17, 15) is 14.4 Å². The van der Waals surface area contributed by atoms with E-state index in [1.807, 2.05) is 6.07 Å².